The highest BCUT2D eigenvalue weighted by molar-refractivity contribution is 7.98. The number of carbonyl (C=O) groups is 2. The van der Waals surface area contributed by atoms with Gasteiger partial charge in [0.05, 0.1) is 11.5 Å². The summed E-state index contributed by atoms with van der Waals surface area (Å²) in [5, 5.41) is 13.4. The second-order valence-electron chi connectivity index (χ2n) is 9.09. The van der Waals surface area contributed by atoms with E-state index in [1.165, 1.54) is 5.56 Å². The Hall–Kier alpha value is -1.80. The molecule has 0 spiro atoms. The molecule has 0 aliphatic carbocycles. The number of unbranched alkanes of at least 4 members (excludes halogenated alkanes) is 1. The van der Waals surface area contributed by atoms with Gasteiger partial charge in [-0.2, -0.15) is 23.5 Å². The minimum Gasteiger partial charge on any atom is -0.385 e. The number of nitrogens with two attached hydrogens (primary N) is 1. The van der Waals surface area contributed by atoms with Gasteiger partial charge in [-0.1, -0.05) is 74.5 Å². The van der Waals surface area contributed by atoms with E-state index in [-0.39, 0.29) is 11.7 Å². The summed E-state index contributed by atoms with van der Waals surface area (Å²) in [5.74, 6) is 2.12. The van der Waals surface area contributed by atoms with Gasteiger partial charge in [0.1, 0.15) is 6.10 Å². The molecule has 2 aromatic rings. The maximum absolute atomic E-state index is 13.2. The first-order valence-electron chi connectivity index (χ1n) is 11.8. The molecule has 1 amide bonds. The van der Waals surface area contributed by atoms with Crippen molar-refractivity contribution >= 4 is 35.2 Å². The zero-order chi connectivity index (χ0) is 24.8. The zero-order valence-electron chi connectivity index (χ0n) is 20.2. The standard InChI is InChI=1S/C27H38N2O3S2/c1-27(2,20-34-18-22-13-7-4-8-14-22)26(32)29-23(25(31)24(30)15-9-10-16-28)19-33-17-21-11-5-3-6-12-21/h3-8,11-14,23-24,30H,9-10,15-20,28H2,1-2H3,(H,29,32)/t23-,24?/m0/s1. The molecule has 0 aromatic heterocycles. The number of benzene rings is 2. The zero-order valence-corrected chi connectivity index (χ0v) is 21.9. The van der Waals surface area contributed by atoms with Gasteiger partial charge in [0.15, 0.2) is 5.78 Å². The van der Waals surface area contributed by atoms with E-state index in [0.29, 0.717) is 30.9 Å². The lowest BCUT2D eigenvalue weighted by Gasteiger charge is -2.27. The van der Waals surface area contributed by atoms with Gasteiger partial charge in [0.25, 0.3) is 0 Å². The molecule has 0 bridgehead atoms. The molecule has 7 heteroatoms. The Morgan fingerprint density at radius 2 is 1.50 bits per heavy atom. The van der Waals surface area contributed by atoms with Crippen molar-refractivity contribution in [2.45, 2.75) is 56.8 Å². The number of thioether (sulfide) groups is 2. The van der Waals surface area contributed by atoms with Gasteiger partial charge in [-0.3, -0.25) is 9.59 Å². The summed E-state index contributed by atoms with van der Waals surface area (Å²) in [6.07, 6.45) is 0.713. The van der Waals surface area contributed by atoms with E-state index in [9.17, 15) is 14.7 Å². The number of aliphatic hydroxyl groups excluding tert-OH is 1. The van der Waals surface area contributed by atoms with Crippen LogP contribution in [0, 0.1) is 5.41 Å². The lowest BCUT2D eigenvalue weighted by Crippen LogP contribution is -2.51. The summed E-state index contributed by atoms with van der Waals surface area (Å²) in [6, 6.07) is 19.4. The van der Waals surface area contributed by atoms with Gasteiger partial charge in [0.2, 0.25) is 5.91 Å². The average molecular weight is 503 g/mol. The Bertz CT molecular complexity index is 863. The molecule has 0 saturated heterocycles. The van der Waals surface area contributed by atoms with Crippen LogP contribution in [0.15, 0.2) is 60.7 Å². The van der Waals surface area contributed by atoms with Crippen molar-refractivity contribution < 1.29 is 14.7 Å². The first-order valence-corrected chi connectivity index (χ1v) is 14.1. The molecule has 0 fully saturated rings. The molecule has 1 unspecified atom stereocenters. The third kappa shape index (κ3) is 10.2. The van der Waals surface area contributed by atoms with Crippen LogP contribution in [0.5, 0.6) is 0 Å². The van der Waals surface area contributed by atoms with E-state index in [0.717, 1.165) is 23.5 Å². The van der Waals surface area contributed by atoms with Crippen LogP contribution in [0.3, 0.4) is 0 Å². The highest BCUT2D eigenvalue weighted by atomic mass is 32.2. The van der Waals surface area contributed by atoms with Gasteiger partial charge in [0, 0.05) is 23.0 Å². The van der Waals surface area contributed by atoms with Crippen molar-refractivity contribution in [2.24, 2.45) is 11.1 Å². The van der Waals surface area contributed by atoms with Crippen LogP contribution >= 0.6 is 23.5 Å². The maximum atomic E-state index is 13.2. The highest BCUT2D eigenvalue weighted by Gasteiger charge is 2.33. The van der Waals surface area contributed by atoms with Crippen molar-refractivity contribution in [3.8, 4) is 0 Å². The molecule has 186 valence electrons. The van der Waals surface area contributed by atoms with Gasteiger partial charge in [-0.15, -0.1) is 0 Å². The molecule has 0 saturated carbocycles. The van der Waals surface area contributed by atoms with Crippen LogP contribution in [0.1, 0.15) is 44.2 Å². The Morgan fingerprint density at radius 3 is 2.06 bits per heavy atom. The van der Waals surface area contributed by atoms with E-state index in [1.54, 1.807) is 23.5 Å². The van der Waals surface area contributed by atoms with Gasteiger partial charge in [-0.05, 0) is 36.9 Å². The number of hydrogen-bond donors (Lipinski definition) is 3. The Kier molecular flexibility index (Phi) is 12.8. The summed E-state index contributed by atoms with van der Waals surface area (Å²) < 4.78 is 0. The number of Topliss-reactive ketones (excluding diaryl/α,β-unsaturated/α-hetero) is 1. The summed E-state index contributed by atoms with van der Waals surface area (Å²) >= 11 is 3.28. The number of aliphatic hydroxyl groups is 1. The largest absolute Gasteiger partial charge is 0.385 e. The summed E-state index contributed by atoms with van der Waals surface area (Å²) in [5.41, 5.74) is 7.26. The predicted octanol–water partition coefficient (Wildman–Crippen LogP) is 4.42. The van der Waals surface area contributed by atoms with Crippen molar-refractivity contribution in [2.75, 3.05) is 18.1 Å². The molecule has 2 rings (SSSR count). The summed E-state index contributed by atoms with van der Waals surface area (Å²) in [6.45, 7) is 4.33. The topological polar surface area (TPSA) is 92.4 Å². The monoisotopic (exact) mass is 502 g/mol. The molecule has 0 aliphatic rings. The molecule has 2 atom stereocenters. The Labute approximate surface area is 212 Å². The highest BCUT2D eigenvalue weighted by Crippen LogP contribution is 2.25. The van der Waals surface area contributed by atoms with Crippen LogP contribution in [-0.2, 0) is 21.1 Å². The normalized spacial score (nSPS) is 13.3. The number of amides is 1. The number of hydrogen-bond acceptors (Lipinski definition) is 6. The summed E-state index contributed by atoms with van der Waals surface area (Å²) in [7, 11) is 0. The number of ketones is 1. The lowest BCUT2D eigenvalue weighted by atomic mass is 9.94. The van der Waals surface area contributed by atoms with Crippen molar-refractivity contribution in [1.82, 2.24) is 5.32 Å². The quantitative estimate of drug-likeness (QED) is 0.294. The first kappa shape index (κ1) is 28.4. The Morgan fingerprint density at radius 1 is 0.941 bits per heavy atom. The second kappa shape index (κ2) is 15.2. The molecular weight excluding hydrogens is 464 g/mol. The van der Waals surface area contributed by atoms with Crippen molar-refractivity contribution in [1.29, 1.82) is 0 Å². The van der Waals surface area contributed by atoms with Crippen LogP contribution in [0.2, 0.25) is 0 Å². The molecule has 2 aromatic carbocycles. The minimum atomic E-state index is -1.09. The van der Waals surface area contributed by atoms with Gasteiger partial charge >= 0.3 is 0 Å². The van der Waals surface area contributed by atoms with Crippen LogP contribution in [-0.4, -0.2) is 47.0 Å². The van der Waals surface area contributed by atoms with Crippen LogP contribution in [0.4, 0.5) is 0 Å². The molecular formula is C27H38N2O3S2. The molecule has 4 N–H and O–H groups in total. The lowest BCUT2D eigenvalue weighted by molar-refractivity contribution is -0.135. The fraction of sp³-hybridized carbons (Fsp3) is 0.481. The number of rotatable bonds is 16. The summed E-state index contributed by atoms with van der Waals surface area (Å²) in [4.78, 5) is 26.2. The molecule has 0 heterocycles. The molecule has 0 radical (unpaired) electrons. The molecule has 5 nitrogen and oxygen atoms in total. The first-order chi connectivity index (χ1) is 16.3. The van der Waals surface area contributed by atoms with Crippen molar-refractivity contribution in [3.63, 3.8) is 0 Å². The number of nitrogens with one attached hydrogen (secondary N) is 1. The van der Waals surface area contributed by atoms with E-state index in [2.05, 4.69) is 17.4 Å². The molecule has 0 aliphatic heterocycles. The fourth-order valence-electron chi connectivity index (χ4n) is 3.34. The third-order valence-corrected chi connectivity index (χ3v) is 8.06. The van der Waals surface area contributed by atoms with E-state index >= 15 is 0 Å². The van der Waals surface area contributed by atoms with Crippen molar-refractivity contribution in [3.05, 3.63) is 71.8 Å². The second-order valence-corrected chi connectivity index (χ2v) is 11.1. The van der Waals surface area contributed by atoms with Crippen LogP contribution in [0.25, 0.3) is 0 Å². The van der Waals surface area contributed by atoms with Gasteiger partial charge < -0.3 is 16.2 Å². The fourth-order valence-corrected chi connectivity index (χ4v) is 5.54. The van der Waals surface area contributed by atoms with Crippen LogP contribution < -0.4 is 11.1 Å². The number of carbonyl (C=O) groups excluding carboxylic acids is 2. The van der Waals surface area contributed by atoms with E-state index in [1.807, 2.05) is 62.4 Å². The average Bonchev–Trinajstić information content (AvgIpc) is 2.84. The third-order valence-electron chi connectivity index (χ3n) is 5.49. The van der Waals surface area contributed by atoms with Gasteiger partial charge in [-0.25, -0.2) is 0 Å². The predicted molar refractivity (Wildman–Crippen MR) is 145 cm³/mol. The van der Waals surface area contributed by atoms with E-state index in [4.69, 9.17) is 5.73 Å². The maximum Gasteiger partial charge on any atom is 0.227 e. The van der Waals surface area contributed by atoms with E-state index < -0.39 is 17.6 Å². The molecule has 34 heavy (non-hydrogen) atoms. The minimum absolute atomic E-state index is 0.166. The Balaban J connectivity index is 1.96. The SMILES string of the molecule is CC(C)(CSCc1ccccc1)C(=O)N[C@@H](CSCc1ccccc1)C(=O)C(O)CCCCN. The smallest absolute Gasteiger partial charge is 0.227 e.